The predicted octanol–water partition coefficient (Wildman–Crippen LogP) is 10.3. The van der Waals surface area contributed by atoms with Crippen molar-refractivity contribution in [3.63, 3.8) is 0 Å². The first-order chi connectivity index (χ1) is 22.3. The number of anilines is 3. The van der Waals surface area contributed by atoms with Crippen molar-refractivity contribution in [1.29, 1.82) is 0 Å². The molecule has 6 aliphatic carbocycles. The molecule has 0 unspecified atom stereocenters. The van der Waals surface area contributed by atoms with Gasteiger partial charge in [0.15, 0.2) is 0 Å². The average molecular weight is 619 g/mol. The molecule has 0 N–H and O–H groups in total. The largest absolute Gasteiger partial charge is 0.335 e. The molecule has 252 valence electrons. The van der Waals surface area contributed by atoms with Crippen LogP contribution in [0.3, 0.4) is 0 Å². The van der Waals surface area contributed by atoms with E-state index in [1.54, 1.807) is 0 Å². The molecule has 0 spiro atoms. The summed E-state index contributed by atoms with van der Waals surface area (Å²) in [6.45, 7) is 0. The molecular formula is C39H66N6. The standard InChI is InChI=1S/C39H66N6/c1-7-19-31(20-8-1)43(32-21-9-2-10-22-32)37-40-38(44(33-23-11-3-12-24-33)34-25-13-4-14-26-34)42-39(41-37)45(35-27-15-5-16-28-35)36-29-17-6-18-30-36/h31-36H,1-30H2. The lowest BCUT2D eigenvalue weighted by atomic mass is 9.88. The van der Waals surface area contributed by atoms with Crippen molar-refractivity contribution in [1.82, 2.24) is 15.0 Å². The van der Waals surface area contributed by atoms with Gasteiger partial charge in [-0.15, -0.1) is 0 Å². The van der Waals surface area contributed by atoms with Crippen LogP contribution in [0.5, 0.6) is 0 Å². The van der Waals surface area contributed by atoms with Gasteiger partial charge in [-0.1, -0.05) is 116 Å². The van der Waals surface area contributed by atoms with Gasteiger partial charge in [0.05, 0.1) is 0 Å². The monoisotopic (exact) mass is 619 g/mol. The summed E-state index contributed by atoms with van der Waals surface area (Å²) < 4.78 is 0. The third kappa shape index (κ3) is 7.77. The molecule has 0 atom stereocenters. The van der Waals surface area contributed by atoms with E-state index in [4.69, 9.17) is 15.0 Å². The molecule has 0 aromatic carbocycles. The van der Waals surface area contributed by atoms with Crippen LogP contribution in [0.25, 0.3) is 0 Å². The Morgan fingerprint density at radius 1 is 0.244 bits per heavy atom. The molecule has 6 fully saturated rings. The third-order valence-corrected chi connectivity index (χ3v) is 13.1. The molecule has 1 aromatic heterocycles. The molecule has 7 rings (SSSR count). The Balaban J connectivity index is 1.35. The Morgan fingerprint density at radius 2 is 0.400 bits per heavy atom. The van der Waals surface area contributed by atoms with Crippen LogP contribution >= 0.6 is 0 Å². The quantitative estimate of drug-likeness (QED) is 0.274. The summed E-state index contributed by atoms with van der Waals surface area (Å²) in [6, 6.07) is 3.59. The van der Waals surface area contributed by atoms with Crippen molar-refractivity contribution < 1.29 is 0 Å². The minimum Gasteiger partial charge on any atom is -0.335 e. The molecule has 6 nitrogen and oxygen atoms in total. The summed E-state index contributed by atoms with van der Waals surface area (Å²) in [5.74, 6) is 3.21. The third-order valence-electron chi connectivity index (χ3n) is 13.1. The van der Waals surface area contributed by atoms with E-state index in [2.05, 4.69) is 14.7 Å². The second kappa shape index (κ2) is 16.0. The zero-order valence-corrected chi connectivity index (χ0v) is 28.9. The van der Waals surface area contributed by atoms with E-state index in [0.717, 1.165) is 17.8 Å². The first-order valence-corrected chi connectivity index (χ1v) is 20.5. The van der Waals surface area contributed by atoms with E-state index in [0.29, 0.717) is 36.3 Å². The second-order valence-electron chi connectivity index (χ2n) is 16.2. The highest BCUT2D eigenvalue weighted by Gasteiger charge is 2.38. The van der Waals surface area contributed by atoms with E-state index < -0.39 is 0 Å². The Morgan fingerprint density at radius 3 is 0.556 bits per heavy atom. The molecule has 0 amide bonds. The van der Waals surface area contributed by atoms with Crippen molar-refractivity contribution in [2.45, 2.75) is 229 Å². The Bertz CT molecular complexity index is 816. The minimum absolute atomic E-state index is 0.598. The molecule has 0 saturated heterocycles. The molecular weight excluding hydrogens is 552 g/mol. The minimum atomic E-state index is 0.598. The number of hydrogen-bond acceptors (Lipinski definition) is 6. The highest BCUT2D eigenvalue weighted by molar-refractivity contribution is 5.50. The molecule has 1 aromatic rings. The summed E-state index contributed by atoms with van der Waals surface area (Å²) >= 11 is 0. The Hall–Kier alpha value is -1.59. The van der Waals surface area contributed by atoms with E-state index in [1.807, 2.05) is 0 Å². The van der Waals surface area contributed by atoms with Crippen molar-refractivity contribution >= 4 is 17.8 Å². The molecule has 0 bridgehead atoms. The van der Waals surface area contributed by atoms with Gasteiger partial charge in [-0.25, -0.2) is 0 Å². The Labute approximate surface area is 275 Å². The van der Waals surface area contributed by atoms with E-state index in [1.165, 1.54) is 193 Å². The van der Waals surface area contributed by atoms with Gasteiger partial charge in [-0.05, 0) is 77.0 Å². The van der Waals surface area contributed by atoms with Crippen molar-refractivity contribution in [3.05, 3.63) is 0 Å². The molecule has 0 radical (unpaired) electrons. The molecule has 6 saturated carbocycles. The number of hydrogen-bond donors (Lipinski definition) is 0. The molecule has 1 heterocycles. The lowest BCUT2D eigenvalue weighted by Gasteiger charge is -2.45. The number of rotatable bonds is 9. The van der Waals surface area contributed by atoms with Gasteiger partial charge in [-0.2, -0.15) is 15.0 Å². The highest BCUT2D eigenvalue weighted by atomic mass is 15.4. The van der Waals surface area contributed by atoms with Gasteiger partial charge < -0.3 is 14.7 Å². The lowest BCUT2D eigenvalue weighted by molar-refractivity contribution is 0.324. The highest BCUT2D eigenvalue weighted by Crippen LogP contribution is 2.39. The van der Waals surface area contributed by atoms with E-state index in [-0.39, 0.29) is 0 Å². The zero-order valence-electron chi connectivity index (χ0n) is 28.9. The summed E-state index contributed by atoms with van der Waals surface area (Å²) in [7, 11) is 0. The molecule has 45 heavy (non-hydrogen) atoms. The summed E-state index contributed by atoms with van der Waals surface area (Å²) in [6.07, 6.45) is 40.6. The predicted molar refractivity (Wildman–Crippen MR) is 189 cm³/mol. The van der Waals surface area contributed by atoms with Gasteiger partial charge in [0.25, 0.3) is 0 Å². The fraction of sp³-hybridized carbons (Fsp3) is 0.923. The van der Waals surface area contributed by atoms with Crippen LogP contribution in [0.15, 0.2) is 0 Å². The zero-order chi connectivity index (χ0) is 30.3. The van der Waals surface area contributed by atoms with Gasteiger partial charge in [-0.3, -0.25) is 0 Å². The van der Waals surface area contributed by atoms with Crippen molar-refractivity contribution in [3.8, 4) is 0 Å². The first kappa shape index (κ1) is 32.0. The van der Waals surface area contributed by atoms with Crippen molar-refractivity contribution in [2.75, 3.05) is 14.7 Å². The fourth-order valence-electron chi connectivity index (χ4n) is 10.7. The van der Waals surface area contributed by atoms with Crippen LogP contribution in [0.4, 0.5) is 17.8 Å². The van der Waals surface area contributed by atoms with Crippen LogP contribution in [0.2, 0.25) is 0 Å². The van der Waals surface area contributed by atoms with Gasteiger partial charge >= 0.3 is 0 Å². The van der Waals surface area contributed by atoms with Gasteiger partial charge in [0.1, 0.15) is 0 Å². The Kier molecular flexibility index (Phi) is 11.4. The van der Waals surface area contributed by atoms with Crippen LogP contribution < -0.4 is 14.7 Å². The van der Waals surface area contributed by atoms with Crippen LogP contribution in [0.1, 0.15) is 193 Å². The maximum absolute atomic E-state index is 5.71. The first-order valence-electron chi connectivity index (χ1n) is 20.5. The van der Waals surface area contributed by atoms with E-state index >= 15 is 0 Å². The topological polar surface area (TPSA) is 48.4 Å². The SMILES string of the molecule is C1CCC(N(c2nc(N(C3CCCCC3)C3CCCCC3)nc(N(C3CCCCC3)C3CCCCC3)n2)C2CCCCC2)CC1. The molecule has 6 heteroatoms. The van der Waals surface area contributed by atoms with Crippen LogP contribution in [-0.2, 0) is 0 Å². The fourth-order valence-corrected chi connectivity index (χ4v) is 10.7. The second-order valence-corrected chi connectivity index (χ2v) is 16.2. The number of nitrogens with zero attached hydrogens (tertiary/aromatic N) is 6. The van der Waals surface area contributed by atoms with E-state index in [9.17, 15) is 0 Å². The van der Waals surface area contributed by atoms with Crippen LogP contribution in [0, 0.1) is 0 Å². The smallest absolute Gasteiger partial charge is 0.232 e. The van der Waals surface area contributed by atoms with Gasteiger partial charge in [0.2, 0.25) is 17.8 Å². The summed E-state index contributed by atoms with van der Waals surface area (Å²) in [5.41, 5.74) is 0. The normalized spacial score (nSPS) is 26.1. The summed E-state index contributed by atoms with van der Waals surface area (Å²) in [4.78, 5) is 25.6. The molecule has 6 aliphatic rings. The maximum atomic E-state index is 5.71. The van der Waals surface area contributed by atoms with Crippen molar-refractivity contribution in [2.24, 2.45) is 0 Å². The molecule has 0 aliphatic heterocycles. The maximum Gasteiger partial charge on any atom is 0.232 e. The summed E-state index contributed by atoms with van der Waals surface area (Å²) in [5, 5.41) is 0. The lowest BCUT2D eigenvalue weighted by Crippen LogP contribution is -2.50. The average Bonchev–Trinajstić information content (AvgIpc) is 3.12. The number of aromatic nitrogens is 3. The van der Waals surface area contributed by atoms with Crippen LogP contribution in [-0.4, -0.2) is 51.2 Å². The van der Waals surface area contributed by atoms with Gasteiger partial charge in [0, 0.05) is 36.3 Å².